The molecule has 2 rings (SSSR count). The third kappa shape index (κ3) is 4.50. The molecule has 0 amide bonds. The molecular weight excluding hydrogens is 270 g/mol. The zero-order valence-corrected chi connectivity index (χ0v) is 11.6. The van der Waals surface area contributed by atoms with Crippen LogP contribution in [0, 0.1) is 0 Å². The van der Waals surface area contributed by atoms with Crippen LogP contribution in [0.25, 0.3) is 0 Å². The van der Waals surface area contributed by atoms with Crippen LogP contribution < -0.4 is 0 Å². The van der Waals surface area contributed by atoms with E-state index < -0.39 is 5.97 Å². The molecule has 1 aromatic heterocycles. The fraction of sp³-hybridized carbons (Fsp3) is 0.286. The van der Waals surface area contributed by atoms with E-state index in [0.717, 1.165) is 5.56 Å². The van der Waals surface area contributed by atoms with Crippen LogP contribution in [-0.4, -0.2) is 49.3 Å². The topological polar surface area (TPSA) is 84.1 Å². The second-order valence-corrected chi connectivity index (χ2v) is 4.59. The number of aliphatic carboxylic acids is 1. The van der Waals surface area contributed by atoms with Crippen LogP contribution >= 0.6 is 0 Å². The summed E-state index contributed by atoms with van der Waals surface area (Å²) in [6, 6.07) is 9.83. The van der Waals surface area contributed by atoms with Crippen molar-refractivity contribution >= 4 is 5.97 Å². The Kier molecular flexibility index (Phi) is 5.16. The molecule has 2 aromatic rings. The molecule has 0 unspecified atom stereocenters. The van der Waals surface area contributed by atoms with Gasteiger partial charge in [-0.2, -0.15) is 0 Å². The van der Waals surface area contributed by atoms with Crippen molar-refractivity contribution in [3.05, 3.63) is 54.4 Å². The summed E-state index contributed by atoms with van der Waals surface area (Å²) in [6.07, 6.45) is 1.66. The van der Waals surface area contributed by atoms with E-state index in [0.29, 0.717) is 25.5 Å². The van der Waals surface area contributed by atoms with Crippen LogP contribution in [0.2, 0.25) is 0 Å². The highest BCUT2D eigenvalue weighted by molar-refractivity contribution is 5.69. The van der Waals surface area contributed by atoms with Gasteiger partial charge in [0.25, 0.3) is 0 Å². The highest BCUT2D eigenvalue weighted by Crippen LogP contribution is 2.05. The zero-order chi connectivity index (χ0) is 15.1. The number of tetrazole rings is 1. The molecule has 7 nitrogen and oxygen atoms in total. The van der Waals surface area contributed by atoms with E-state index in [1.807, 2.05) is 30.3 Å². The van der Waals surface area contributed by atoms with E-state index in [-0.39, 0.29) is 6.54 Å². The van der Waals surface area contributed by atoms with Crippen LogP contribution in [0.4, 0.5) is 0 Å². The number of hydrogen-bond donors (Lipinski definition) is 1. The molecule has 1 aromatic carbocycles. The van der Waals surface area contributed by atoms with Gasteiger partial charge in [-0.15, -0.1) is 11.7 Å². The number of hydrogen-bond acceptors (Lipinski definition) is 5. The van der Waals surface area contributed by atoms with Crippen molar-refractivity contribution < 1.29 is 9.90 Å². The van der Waals surface area contributed by atoms with Crippen molar-refractivity contribution in [2.75, 3.05) is 13.1 Å². The number of rotatable bonds is 8. The van der Waals surface area contributed by atoms with Crippen molar-refractivity contribution in [2.24, 2.45) is 0 Å². The minimum atomic E-state index is -0.890. The summed E-state index contributed by atoms with van der Waals surface area (Å²) < 4.78 is 1.67. The first-order valence-corrected chi connectivity index (χ1v) is 6.53. The van der Waals surface area contributed by atoms with Crippen molar-refractivity contribution in [1.82, 2.24) is 25.1 Å². The van der Waals surface area contributed by atoms with Crippen LogP contribution in [0.5, 0.6) is 0 Å². The lowest BCUT2D eigenvalue weighted by Gasteiger charge is -2.17. The number of carboxylic acids is 1. The smallest absolute Gasteiger partial charge is 0.317 e. The molecule has 21 heavy (non-hydrogen) atoms. The molecular formula is C14H17N5O2. The Balaban J connectivity index is 2.08. The summed E-state index contributed by atoms with van der Waals surface area (Å²) in [6.45, 7) is 4.93. The normalized spacial score (nSPS) is 10.7. The third-order valence-electron chi connectivity index (χ3n) is 2.89. The van der Waals surface area contributed by atoms with Crippen LogP contribution in [0.15, 0.2) is 43.0 Å². The molecule has 0 aliphatic heterocycles. The molecule has 0 aliphatic carbocycles. The summed E-state index contributed by atoms with van der Waals surface area (Å²) in [5.41, 5.74) is 1.08. The van der Waals surface area contributed by atoms with Gasteiger partial charge < -0.3 is 5.11 Å². The average molecular weight is 287 g/mol. The van der Waals surface area contributed by atoms with Gasteiger partial charge in [0.1, 0.15) is 0 Å². The van der Waals surface area contributed by atoms with E-state index in [4.69, 9.17) is 5.11 Å². The summed E-state index contributed by atoms with van der Waals surface area (Å²) in [5, 5.41) is 20.5. The monoisotopic (exact) mass is 287 g/mol. The lowest BCUT2D eigenvalue weighted by atomic mass is 10.2. The quantitative estimate of drug-likeness (QED) is 0.723. The van der Waals surface area contributed by atoms with E-state index in [9.17, 15) is 4.79 Å². The number of carboxylic acid groups (broad SMARTS) is 1. The molecule has 0 fully saturated rings. The molecule has 0 radical (unpaired) electrons. The lowest BCUT2D eigenvalue weighted by molar-refractivity contribution is -0.138. The SMILES string of the molecule is C=CCN(CC(=O)O)Cc1nnnn1Cc1ccccc1. The number of nitrogens with zero attached hydrogens (tertiary/aromatic N) is 5. The van der Waals surface area contributed by atoms with Gasteiger partial charge in [0.2, 0.25) is 0 Å². The Morgan fingerprint density at radius 3 is 2.81 bits per heavy atom. The molecule has 1 heterocycles. The van der Waals surface area contributed by atoms with Crippen molar-refractivity contribution in [3.8, 4) is 0 Å². The van der Waals surface area contributed by atoms with Crippen molar-refractivity contribution in [1.29, 1.82) is 0 Å². The standard InChI is InChI=1S/C14H17N5O2/c1-2-8-18(11-14(20)21)10-13-15-16-17-19(13)9-12-6-4-3-5-7-12/h2-7H,1,8-11H2,(H,20,21). The Morgan fingerprint density at radius 2 is 2.14 bits per heavy atom. The molecule has 0 saturated heterocycles. The van der Waals surface area contributed by atoms with E-state index in [1.54, 1.807) is 15.7 Å². The minimum absolute atomic E-state index is 0.0791. The number of benzene rings is 1. The summed E-state index contributed by atoms with van der Waals surface area (Å²) in [4.78, 5) is 12.6. The maximum absolute atomic E-state index is 10.9. The Hall–Kier alpha value is -2.54. The largest absolute Gasteiger partial charge is 0.480 e. The molecule has 110 valence electrons. The maximum Gasteiger partial charge on any atom is 0.317 e. The minimum Gasteiger partial charge on any atom is -0.480 e. The zero-order valence-electron chi connectivity index (χ0n) is 11.6. The van der Waals surface area contributed by atoms with Gasteiger partial charge in [-0.1, -0.05) is 36.4 Å². The second kappa shape index (κ2) is 7.30. The molecule has 0 bridgehead atoms. The molecule has 7 heteroatoms. The van der Waals surface area contributed by atoms with Gasteiger partial charge in [0.15, 0.2) is 5.82 Å². The summed E-state index contributed by atoms with van der Waals surface area (Å²) >= 11 is 0. The first kappa shape index (κ1) is 14.9. The third-order valence-corrected chi connectivity index (χ3v) is 2.89. The molecule has 0 atom stereocenters. The van der Waals surface area contributed by atoms with Gasteiger partial charge in [-0.3, -0.25) is 9.69 Å². The van der Waals surface area contributed by atoms with E-state index in [2.05, 4.69) is 22.1 Å². The maximum atomic E-state index is 10.9. The average Bonchev–Trinajstić information content (AvgIpc) is 2.87. The van der Waals surface area contributed by atoms with Gasteiger partial charge in [0, 0.05) is 6.54 Å². The molecule has 0 aliphatic rings. The predicted octanol–water partition coefficient (Wildman–Crippen LogP) is 0.794. The second-order valence-electron chi connectivity index (χ2n) is 4.59. The van der Waals surface area contributed by atoms with Crippen LogP contribution in [0.3, 0.4) is 0 Å². The van der Waals surface area contributed by atoms with Crippen molar-refractivity contribution in [3.63, 3.8) is 0 Å². The molecule has 0 saturated carbocycles. The van der Waals surface area contributed by atoms with Gasteiger partial charge in [-0.25, -0.2) is 4.68 Å². The van der Waals surface area contributed by atoms with E-state index >= 15 is 0 Å². The summed E-state index contributed by atoms with van der Waals surface area (Å²) in [5.74, 6) is -0.263. The first-order valence-electron chi connectivity index (χ1n) is 6.53. The Bertz CT molecular complexity index is 596. The first-order chi connectivity index (χ1) is 10.2. The highest BCUT2D eigenvalue weighted by Gasteiger charge is 2.14. The Morgan fingerprint density at radius 1 is 1.38 bits per heavy atom. The van der Waals surface area contributed by atoms with Gasteiger partial charge in [0.05, 0.1) is 19.6 Å². The predicted molar refractivity (Wildman–Crippen MR) is 76.5 cm³/mol. The van der Waals surface area contributed by atoms with Crippen LogP contribution in [-0.2, 0) is 17.9 Å². The number of carbonyl (C=O) groups is 1. The van der Waals surface area contributed by atoms with Crippen molar-refractivity contribution in [2.45, 2.75) is 13.1 Å². The lowest BCUT2D eigenvalue weighted by Crippen LogP contribution is -2.30. The molecule has 0 spiro atoms. The van der Waals surface area contributed by atoms with Gasteiger partial charge in [-0.05, 0) is 16.0 Å². The Labute approximate surface area is 122 Å². The highest BCUT2D eigenvalue weighted by atomic mass is 16.4. The summed E-state index contributed by atoms with van der Waals surface area (Å²) in [7, 11) is 0. The van der Waals surface area contributed by atoms with Gasteiger partial charge >= 0.3 is 5.97 Å². The fourth-order valence-corrected chi connectivity index (χ4v) is 1.97. The van der Waals surface area contributed by atoms with E-state index in [1.165, 1.54) is 0 Å². The van der Waals surface area contributed by atoms with Crippen LogP contribution in [0.1, 0.15) is 11.4 Å². The number of aromatic nitrogens is 4. The fourth-order valence-electron chi connectivity index (χ4n) is 1.97. The molecule has 1 N–H and O–H groups in total.